The molecule has 0 aromatic heterocycles. The van der Waals surface area contributed by atoms with Crippen LogP contribution in [0.4, 0.5) is 0 Å². The summed E-state index contributed by atoms with van der Waals surface area (Å²) in [6, 6.07) is 5.11. The van der Waals surface area contributed by atoms with Gasteiger partial charge < -0.3 is 0 Å². The van der Waals surface area contributed by atoms with Gasteiger partial charge in [0.05, 0.1) is 9.79 Å². The van der Waals surface area contributed by atoms with Gasteiger partial charge in [0.2, 0.25) is 10.0 Å². The molecule has 0 amide bonds. The summed E-state index contributed by atoms with van der Waals surface area (Å²) in [5.74, 6) is 0.604. The Morgan fingerprint density at radius 1 is 0.909 bits per heavy atom. The second-order valence-electron chi connectivity index (χ2n) is 6.09. The molecule has 7 heteroatoms. The molecule has 1 aromatic carbocycles. The maximum atomic E-state index is 12.2. The normalized spacial score (nSPS) is 14.2. The maximum absolute atomic E-state index is 12.2. The van der Waals surface area contributed by atoms with Crippen LogP contribution in [0.1, 0.15) is 40.0 Å². The average molecular weight is 348 g/mol. The molecular formula is C15H25NO4S2. The third-order valence-corrected chi connectivity index (χ3v) is 6.07. The maximum Gasteiger partial charge on any atom is 0.240 e. The summed E-state index contributed by atoms with van der Waals surface area (Å²) in [5, 5.41) is 0. The number of nitrogens with one attached hydrogen (secondary N) is 1. The van der Waals surface area contributed by atoms with Crippen molar-refractivity contribution >= 4 is 19.9 Å². The quantitative estimate of drug-likeness (QED) is 0.784. The summed E-state index contributed by atoms with van der Waals surface area (Å²) in [6.45, 7) is 6.11. The lowest BCUT2D eigenvalue weighted by atomic mass is 10.0. The van der Waals surface area contributed by atoms with Gasteiger partial charge >= 0.3 is 0 Å². The van der Waals surface area contributed by atoms with Crippen molar-refractivity contribution in [3.63, 3.8) is 0 Å². The van der Waals surface area contributed by atoms with Crippen LogP contribution in [0.5, 0.6) is 0 Å². The fraction of sp³-hybridized carbons (Fsp3) is 0.600. The molecule has 1 aromatic rings. The highest BCUT2D eigenvalue weighted by Gasteiger charge is 2.18. The zero-order valence-corrected chi connectivity index (χ0v) is 15.2. The molecule has 0 saturated heterocycles. The van der Waals surface area contributed by atoms with Gasteiger partial charge in [-0.2, -0.15) is 0 Å². The van der Waals surface area contributed by atoms with Crippen LogP contribution in [0.15, 0.2) is 34.1 Å². The van der Waals surface area contributed by atoms with Crippen molar-refractivity contribution < 1.29 is 16.8 Å². The first-order valence-electron chi connectivity index (χ1n) is 7.35. The molecule has 0 saturated carbocycles. The van der Waals surface area contributed by atoms with E-state index in [0.29, 0.717) is 5.92 Å². The number of hydrogen-bond donors (Lipinski definition) is 1. The molecule has 126 valence electrons. The van der Waals surface area contributed by atoms with Gasteiger partial charge in [-0.25, -0.2) is 21.6 Å². The molecule has 5 nitrogen and oxygen atoms in total. The van der Waals surface area contributed by atoms with Crippen molar-refractivity contribution in [3.8, 4) is 0 Å². The van der Waals surface area contributed by atoms with Crippen molar-refractivity contribution in [2.24, 2.45) is 5.92 Å². The van der Waals surface area contributed by atoms with Crippen LogP contribution in [-0.2, 0) is 19.9 Å². The Kier molecular flexibility index (Phi) is 6.58. The summed E-state index contributed by atoms with van der Waals surface area (Å²) < 4.78 is 49.9. The zero-order valence-electron chi connectivity index (χ0n) is 13.5. The van der Waals surface area contributed by atoms with E-state index in [1.54, 1.807) is 0 Å². The predicted molar refractivity (Wildman–Crippen MR) is 88.0 cm³/mol. The topological polar surface area (TPSA) is 80.3 Å². The van der Waals surface area contributed by atoms with E-state index in [9.17, 15) is 16.8 Å². The third-order valence-electron chi connectivity index (χ3n) is 3.34. The molecule has 0 spiro atoms. The Hall–Kier alpha value is -0.920. The van der Waals surface area contributed by atoms with Crippen molar-refractivity contribution in [1.82, 2.24) is 4.72 Å². The van der Waals surface area contributed by atoms with Crippen LogP contribution < -0.4 is 4.72 Å². The van der Waals surface area contributed by atoms with Crippen LogP contribution >= 0.6 is 0 Å². The second kappa shape index (κ2) is 7.57. The molecule has 0 aliphatic heterocycles. The number of rotatable bonds is 8. The van der Waals surface area contributed by atoms with Crippen molar-refractivity contribution in [2.45, 2.75) is 55.9 Å². The number of sulfonamides is 1. The third kappa shape index (κ3) is 6.06. The summed E-state index contributed by atoms with van der Waals surface area (Å²) >= 11 is 0. The van der Waals surface area contributed by atoms with Gasteiger partial charge in [-0.15, -0.1) is 0 Å². The van der Waals surface area contributed by atoms with Crippen LogP contribution in [-0.4, -0.2) is 29.1 Å². The van der Waals surface area contributed by atoms with E-state index < -0.39 is 19.9 Å². The van der Waals surface area contributed by atoms with E-state index in [2.05, 4.69) is 18.6 Å². The molecule has 0 aliphatic carbocycles. The highest BCUT2D eigenvalue weighted by atomic mass is 32.2. The Bertz CT molecular complexity index is 677. The van der Waals surface area contributed by atoms with Crippen molar-refractivity contribution in [3.05, 3.63) is 24.3 Å². The lowest BCUT2D eigenvalue weighted by Gasteiger charge is -2.15. The van der Waals surface area contributed by atoms with E-state index >= 15 is 0 Å². The molecule has 22 heavy (non-hydrogen) atoms. The molecular weight excluding hydrogens is 322 g/mol. The zero-order chi connectivity index (χ0) is 17.0. The van der Waals surface area contributed by atoms with Gasteiger partial charge in [-0.1, -0.05) is 26.7 Å². The van der Waals surface area contributed by atoms with E-state index in [-0.39, 0.29) is 15.8 Å². The Morgan fingerprint density at radius 3 is 1.86 bits per heavy atom. The molecule has 0 fully saturated rings. The number of benzene rings is 1. The van der Waals surface area contributed by atoms with Gasteiger partial charge in [0, 0.05) is 12.3 Å². The van der Waals surface area contributed by atoms with Crippen LogP contribution in [0.25, 0.3) is 0 Å². The smallest absolute Gasteiger partial charge is 0.224 e. The Balaban J connectivity index is 2.74. The first-order chi connectivity index (χ1) is 10.0. The standard InChI is InChI=1S/C15H25NO4S2/c1-12(2)6-5-7-13(3)16-22(19,20)15-10-8-14(9-11-15)21(4,17)18/h8-13,16H,5-7H2,1-4H3/t13-/m0/s1. The predicted octanol–water partition coefficient (Wildman–Crippen LogP) is 2.58. The number of hydrogen-bond acceptors (Lipinski definition) is 4. The second-order valence-corrected chi connectivity index (χ2v) is 9.82. The SMILES string of the molecule is CC(C)CCC[C@H](C)NS(=O)(=O)c1ccc(S(C)(=O)=O)cc1. The van der Waals surface area contributed by atoms with E-state index in [1.165, 1.54) is 24.3 Å². The number of sulfone groups is 1. The molecule has 1 rings (SSSR count). The first-order valence-corrected chi connectivity index (χ1v) is 10.7. The molecule has 0 heterocycles. The van der Waals surface area contributed by atoms with Crippen LogP contribution in [0.2, 0.25) is 0 Å². The Morgan fingerprint density at radius 2 is 1.41 bits per heavy atom. The van der Waals surface area contributed by atoms with Crippen LogP contribution in [0.3, 0.4) is 0 Å². The minimum Gasteiger partial charge on any atom is -0.224 e. The highest BCUT2D eigenvalue weighted by Crippen LogP contribution is 2.16. The molecule has 0 aliphatic rings. The van der Waals surface area contributed by atoms with Crippen molar-refractivity contribution in [1.29, 1.82) is 0 Å². The van der Waals surface area contributed by atoms with E-state index in [1.807, 2.05) is 6.92 Å². The van der Waals surface area contributed by atoms with Crippen molar-refractivity contribution in [2.75, 3.05) is 6.26 Å². The summed E-state index contributed by atoms with van der Waals surface area (Å²) in [4.78, 5) is 0.187. The fourth-order valence-electron chi connectivity index (χ4n) is 2.09. The average Bonchev–Trinajstić information content (AvgIpc) is 2.36. The van der Waals surface area contributed by atoms with Gasteiger partial charge in [-0.3, -0.25) is 0 Å². The minimum atomic E-state index is -3.62. The van der Waals surface area contributed by atoms with Gasteiger partial charge in [0.25, 0.3) is 0 Å². The lowest BCUT2D eigenvalue weighted by Crippen LogP contribution is -2.32. The summed E-state index contributed by atoms with van der Waals surface area (Å²) in [6.07, 6.45) is 3.90. The highest BCUT2D eigenvalue weighted by molar-refractivity contribution is 7.90. The lowest BCUT2D eigenvalue weighted by molar-refractivity contribution is 0.488. The fourth-order valence-corrected chi connectivity index (χ4v) is 4.00. The van der Waals surface area contributed by atoms with Crippen LogP contribution in [0, 0.1) is 5.92 Å². The molecule has 0 unspecified atom stereocenters. The molecule has 1 N–H and O–H groups in total. The summed E-state index contributed by atoms with van der Waals surface area (Å²) in [5.41, 5.74) is 0. The van der Waals surface area contributed by atoms with Gasteiger partial charge in [0.1, 0.15) is 0 Å². The molecule has 1 atom stereocenters. The van der Waals surface area contributed by atoms with Gasteiger partial charge in [-0.05, 0) is 43.5 Å². The van der Waals surface area contributed by atoms with E-state index in [4.69, 9.17) is 0 Å². The summed E-state index contributed by atoms with van der Waals surface area (Å²) in [7, 11) is -6.94. The first kappa shape index (κ1) is 19.1. The van der Waals surface area contributed by atoms with Gasteiger partial charge in [0.15, 0.2) is 9.84 Å². The molecule has 0 bridgehead atoms. The largest absolute Gasteiger partial charge is 0.240 e. The minimum absolute atomic E-state index is 0.0793. The van der Waals surface area contributed by atoms with E-state index in [0.717, 1.165) is 25.5 Å². The Labute approximate surface area is 134 Å². The monoisotopic (exact) mass is 347 g/mol. The molecule has 0 radical (unpaired) electrons.